The van der Waals surface area contributed by atoms with E-state index in [1.54, 1.807) is 18.4 Å². The molecule has 1 aromatic carbocycles. The highest BCUT2D eigenvalue weighted by atomic mass is 32.1. The number of anilines is 1. The monoisotopic (exact) mass is 451 g/mol. The number of ether oxygens (including phenoxy) is 1. The number of urea groups is 1. The van der Waals surface area contributed by atoms with Crippen molar-refractivity contribution in [2.45, 2.75) is 0 Å². The summed E-state index contributed by atoms with van der Waals surface area (Å²) < 4.78 is 6.71. The molecule has 0 unspecified atom stereocenters. The Morgan fingerprint density at radius 2 is 2.12 bits per heavy atom. The summed E-state index contributed by atoms with van der Waals surface area (Å²) in [4.78, 5) is 26.8. The molecule has 1 fully saturated rings. The van der Waals surface area contributed by atoms with E-state index in [0.717, 1.165) is 65.2 Å². The van der Waals surface area contributed by atoms with Crippen LogP contribution in [0.2, 0.25) is 0 Å². The second-order valence-corrected chi connectivity index (χ2v) is 8.53. The van der Waals surface area contributed by atoms with E-state index in [1.165, 1.54) is 0 Å². The van der Waals surface area contributed by atoms with Crippen LogP contribution in [-0.4, -0.2) is 72.3 Å². The highest BCUT2D eigenvalue weighted by molar-refractivity contribution is 7.16. The van der Waals surface area contributed by atoms with Crippen molar-refractivity contribution in [2.24, 2.45) is 0 Å². The summed E-state index contributed by atoms with van der Waals surface area (Å²) >= 11 is 1.59. The predicted molar refractivity (Wildman–Crippen MR) is 128 cm³/mol. The van der Waals surface area contributed by atoms with Gasteiger partial charge in [-0.1, -0.05) is 0 Å². The molecule has 4 N–H and O–H groups in total. The van der Waals surface area contributed by atoms with E-state index >= 15 is 0 Å². The first-order valence-electron chi connectivity index (χ1n) is 10.6. The van der Waals surface area contributed by atoms with Gasteiger partial charge in [0.25, 0.3) is 0 Å². The fourth-order valence-corrected chi connectivity index (χ4v) is 4.68. The first-order valence-corrected chi connectivity index (χ1v) is 11.5. The summed E-state index contributed by atoms with van der Waals surface area (Å²) in [7, 11) is 1.66. The number of nitrogens with one attached hydrogen (secondary N) is 4. The second-order valence-electron chi connectivity index (χ2n) is 7.64. The molecule has 4 aromatic rings. The number of aromatic nitrogens is 3. The summed E-state index contributed by atoms with van der Waals surface area (Å²) in [6.45, 7) is 5.46. The van der Waals surface area contributed by atoms with Crippen molar-refractivity contribution in [2.75, 3.05) is 51.7 Å². The Kier molecular flexibility index (Phi) is 5.89. The van der Waals surface area contributed by atoms with Gasteiger partial charge < -0.3 is 20.4 Å². The zero-order valence-corrected chi connectivity index (χ0v) is 18.6. The zero-order chi connectivity index (χ0) is 21.9. The average molecular weight is 452 g/mol. The minimum Gasteiger partial charge on any atom is -0.496 e. The van der Waals surface area contributed by atoms with Gasteiger partial charge in [0.1, 0.15) is 17.2 Å². The third-order valence-electron chi connectivity index (χ3n) is 5.65. The van der Waals surface area contributed by atoms with Gasteiger partial charge in [0, 0.05) is 68.0 Å². The van der Waals surface area contributed by atoms with Crippen LogP contribution in [0.5, 0.6) is 5.75 Å². The van der Waals surface area contributed by atoms with E-state index in [4.69, 9.17) is 4.74 Å². The fraction of sp³-hybridized carbons (Fsp3) is 0.318. The summed E-state index contributed by atoms with van der Waals surface area (Å²) in [5.41, 5.74) is 5.42. The van der Waals surface area contributed by atoms with Crippen LogP contribution in [0.3, 0.4) is 0 Å². The third kappa shape index (κ3) is 4.24. The number of carbonyl (C=O) groups is 1. The highest BCUT2D eigenvalue weighted by Crippen LogP contribution is 2.38. The number of methoxy groups -OCH3 is 1. The molecule has 0 saturated carbocycles. The Morgan fingerprint density at radius 1 is 1.25 bits per heavy atom. The van der Waals surface area contributed by atoms with E-state index in [9.17, 15) is 4.79 Å². The first kappa shape index (κ1) is 20.7. The molecule has 166 valence electrons. The van der Waals surface area contributed by atoms with Gasteiger partial charge in [0.15, 0.2) is 0 Å². The molecule has 1 aliphatic rings. The standard InChI is InChI=1S/C22H25N7O2S/c1-31-18-11-17-19(32-13-26-17)10-15(18)16-12-25-21-14(16)2-3-20(27-21)28-22(30)24-6-9-29-7-4-23-5-8-29/h2-3,10-13,23H,4-9H2,1H3,(H3,24,25,27,28,30). The molecule has 2 amide bonds. The molecule has 32 heavy (non-hydrogen) atoms. The minimum absolute atomic E-state index is 0.254. The van der Waals surface area contributed by atoms with Crippen LogP contribution >= 0.6 is 11.3 Å². The van der Waals surface area contributed by atoms with E-state index in [1.807, 2.05) is 29.9 Å². The maximum absolute atomic E-state index is 12.3. The van der Waals surface area contributed by atoms with Gasteiger partial charge in [-0.3, -0.25) is 10.2 Å². The van der Waals surface area contributed by atoms with Gasteiger partial charge in [-0.25, -0.2) is 14.8 Å². The molecule has 1 aliphatic heterocycles. The van der Waals surface area contributed by atoms with Crippen molar-refractivity contribution in [3.63, 3.8) is 0 Å². The topological polar surface area (TPSA) is 107 Å². The number of H-pyrrole nitrogens is 1. The number of pyridine rings is 1. The maximum Gasteiger partial charge on any atom is 0.320 e. The van der Waals surface area contributed by atoms with Crippen molar-refractivity contribution >= 4 is 44.4 Å². The summed E-state index contributed by atoms with van der Waals surface area (Å²) in [6.07, 6.45) is 1.92. The van der Waals surface area contributed by atoms with Gasteiger partial charge in [-0.05, 0) is 18.2 Å². The Bertz CT molecular complexity index is 1250. The van der Waals surface area contributed by atoms with Crippen LogP contribution in [0.1, 0.15) is 0 Å². The van der Waals surface area contributed by atoms with Gasteiger partial charge in [-0.15, -0.1) is 11.3 Å². The number of amides is 2. The van der Waals surface area contributed by atoms with Crippen molar-refractivity contribution in [1.82, 2.24) is 30.5 Å². The van der Waals surface area contributed by atoms with Gasteiger partial charge in [-0.2, -0.15) is 0 Å². The molecule has 0 spiro atoms. The van der Waals surface area contributed by atoms with Crippen LogP contribution < -0.4 is 20.7 Å². The molecule has 0 atom stereocenters. The molecule has 10 heteroatoms. The maximum atomic E-state index is 12.3. The molecule has 0 radical (unpaired) electrons. The highest BCUT2D eigenvalue weighted by Gasteiger charge is 2.15. The summed E-state index contributed by atoms with van der Waals surface area (Å²) in [6, 6.07) is 7.56. The van der Waals surface area contributed by atoms with Crippen LogP contribution in [0.15, 0.2) is 36.0 Å². The van der Waals surface area contributed by atoms with Crippen LogP contribution in [-0.2, 0) is 0 Å². The van der Waals surface area contributed by atoms with E-state index in [2.05, 4.69) is 41.9 Å². The number of fused-ring (bicyclic) bond motifs is 2. The number of thiazole rings is 1. The number of aromatic amines is 1. The lowest BCUT2D eigenvalue weighted by Crippen LogP contribution is -2.46. The number of nitrogens with zero attached hydrogens (tertiary/aromatic N) is 3. The summed E-state index contributed by atoms with van der Waals surface area (Å²) in [5.74, 6) is 1.26. The zero-order valence-electron chi connectivity index (χ0n) is 17.8. The number of carbonyl (C=O) groups excluding carboxylic acids is 1. The molecular formula is C22H25N7O2S. The van der Waals surface area contributed by atoms with Gasteiger partial charge in [0.2, 0.25) is 0 Å². The average Bonchev–Trinajstić information content (AvgIpc) is 3.44. The van der Waals surface area contributed by atoms with Gasteiger partial charge >= 0.3 is 6.03 Å². The Hall–Kier alpha value is -3.21. The van der Waals surface area contributed by atoms with E-state index < -0.39 is 0 Å². The lowest BCUT2D eigenvalue weighted by atomic mass is 10.0. The number of hydrogen-bond acceptors (Lipinski definition) is 7. The normalized spacial score (nSPS) is 14.7. The van der Waals surface area contributed by atoms with Crippen molar-refractivity contribution in [3.05, 3.63) is 36.0 Å². The molecule has 0 bridgehead atoms. The van der Waals surface area contributed by atoms with Gasteiger partial charge in [0.05, 0.1) is 22.8 Å². The molecule has 4 heterocycles. The molecule has 5 rings (SSSR count). The Morgan fingerprint density at radius 3 is 2.97 bits per heavy atom. The molecule has 9 nitrogen and oxygen atoms in total. The quantitative estimate of drug-likeness (QED) is 0.359. The van der Waals surface area contributed by atoms with Crippen LogP contribution in [0.4, 0.5) is 10.6 Å². The molecule has 3 aromatic heterocycles. The lowest BCUT2D eigenvalue weighted by molar-refractivity contribution is 0.233. The van der Waals surface area contributed by atoms with E-state index in [-0.39, 0.29) is 6.03 Å². The van der Waals surface area contributed by atoms with Crippen molar-refractivity contribution < 1.29 is 9.53 Å². The largest absolute Gasteiger partial charge is 0.496 e. The second kappa shape index (κ2) is 9.11. The fourth-order valence-electron chi connectivity index (χ4n) is 3.98. The number of hydrogen-bond donors (Lipinski definition) is 4. The number of benzene rings is 1. The van der Waals surface area contributed by atoms with E-state index in [0.29, 0.717) is 18.0 Å². The molecule has 0 aliphatic carbocycles. The smallest absolute Gasteiger partial charge is 0.320 e. The Labute approximate surface area is 189 Å². The third-order valence-corrected chi connectivity index (χ3v) is 6.44. The molecular weight excluding hydrogens is 426 g/mol. The molecule has 1 saturated heterocycles. The van der Waals surface area contributed by atoms with Crippen molar-refractivity contribution in [3.8, 4) is 16.9 Å². The number of piperazine rings is 1. The minimum atomic E-state index is -0.254. The SMILES string of the molecule is COc1cc2ncsc2cc1-c1c[nH]c2nc(NC(=O)NCCN3CCNCC3)ccc12. The Balaban J connectivity index is 1.29. The van der Waals surface area contributed by atoms with Crippen LogP contribution in [0, 0.1) is 0 Å². The van der Waals surface area contributed by atoms with Crippen LogP contribution in [0.25, 0.3) is 32.4 Å². The first-order chi connectivity index (χ1) is 15.7. The predicted octanol–water partition coefficient (Wildman–Crippen LogP) is 2.87. The lowest BCUT2D eigenvalue weighted by Gasteiger charge is -2.27. The number of rotatable bonds is 6. The summed E-state index contributed by atoms with van der Waals surface area (Å²) in [5, 5.41) is 10.0. The van der Waals surface area contributed by atoms with Crippen molar-refractivity contribution in [1.29, 1.82) is 0 Å².